The molecule has 0 radical (unpaired) electrons. The maximum atomic E-state index is 13.6. The van der Waals surface area contributed by atoms with Gasteiger partial charge in [0.05, 0.1) is 11.3 Å². The van der Waals surface area contributed by atoms with Gasteiger partial charge in [-0.05, 0) is 25.1 Å². The third kappa shape index (κ3) is 4.57. The molecule has 12 heteroatoms. The largest absolute Gasteiger partial charge is 0.446 e. The number of thioether (sulfide) groups is 1. The average molecular weight is 403 g/mol. The fourth-order valence-corrected chi connectivity index (χ4v) is 2.94. The predicted molar refractivity (Wildman–Crippen MR) is 94.8 cm³/mol. The van der Waals surface area contributed by atoms with Crippen LogP contribution in [0.25, 0.3) is 5.69 Å². The Morgan fingerprint density at radius 2 is 2.22 bits per heavy atom. The van der Waals surface area contributed by atoms with E-state index in [1.54, 1.807) is 6.92 Å². The zero-order valence-corrected chi connectivity index (χ0v) is 14.9. The number of aliphatic imine (C=N–C) groups is 1. The smallest absolute Gasteiger partial charge is 0.410 e. The molecule has 8 nitrogen and oxygen atoms in total. The Bertz CT molecular complexity index is 910. The maximum absolute atomic E-state index is 13.6. The first-order chi connectivity index (χ1) is 12.9. The third-order valence-corrected chi connectivity index (χ3v) is 4.29. The van der Waals surface area contributed by atoms with Gasteiger partial charge in [0, 0.05) is 18.8 Å². The van der Waals surface area contributed by atoms with Gasteiger partial charge in [0.15, 0.2) is 5.71 Å². The average Bonchev–Trinajstić information content (AvgIpc) is 3.02. The Morgan fingerprint density at radius 3 is 2.81 bits per heavy atom. The molecule has 2 aromatic rings. The van der Waals surface area contributed by atoms with Gasteiger partial charge in [-0.25, -0.2) is 22.5 Å². The number of nitrogens with two attached hydrogens (primary N) is 1. The van der Waals surface area contributed by atoms with Crippen molar-refractivity contribution in [3.63, 3.8) is 0 Å². The molecule has 0 bridgehead atoms. The molecule has 0 atom stereocenters. The van der Waals surface area contributed by atoms with E-state index in [1.165, 1.54) is 0 Å². The van der Waals surface area contributed by atoms with Crippen molar-refractivity contribution < 1.29 is 22.9 Å². The quantitative estimate of drug-likeness (QED) is 0.317. The minimum atomic E-state index is -3.09. The molecule has 1 aromatic heterocycles. The zero-order chi connectivity index (χ0) is 20.0. The van der Waals surface area contributed by atoms with E-state index < -0.39 is 23.6 Å². The highest BCUT2D eigenvalue weighted by atomic mass is 32.2. The van der Waals surface area contributed by atoms with Crippen LogP contribution < -0.4 is 11.5 Å². The van der Waals surface area contributed by atoms with Crippen LogP contribution >= 0.6 is 11.8 Å². The van der Waals surface area contributed by atoms with E-state index in [4.69, 9.17) is 5.73 Å². The summed E-state index contributed by atoms with van der Waals surface area (Å²) in [6.07, 6.45) is -3.09. The fourth-order valence-electron chi connectivity index (χ4n) is 2.14. The Morgan fingerprint density at radius 1 is 1.48 bits per heavy atom. The molecule has 0 spiro atoms. The first-order valence-corrected chi connectivity index (χ1v) is 8.69. The normalized spacial score (nSPS) is 12.8. The minimum Gasteiger partial charge on any atom is -0.410 e. The molecule has 0 unspecified atom stereocenters. The Hall–Kier alpha value is -2.60. The number of oxime groups is 1. The molecule has 1 aromatic carbocycles. The van der Waals surface area contributed by atoms with Crippen molar-refractivity contribution in [2.75, 3.05) is 18.8 Å². The Kier molecular flexibility index (Phi) is 7.19. The van der Waals surface area contributed by atoms with Crippen LogP contribution in [0.2, 0.25) is 0 Å². The molecule has 0 saturated heterocycles. The van der Waals surface area contributed by atoms with E-state index in [0.717, 1.165) is 34.5 Å². The topological polar surface area (TPSA) is 119 Å². The summed E-state index contributed by atoms with van der Waals surface area (Å²) >= 11 is 1.15. The summed E-state index contributed by atoms with van der Waals surface area (Å²) in [7, 11) is 0. The van der Waals surface area contributed by atoms with Gasteiger partial charge in [0.1, 0.15) is 10.9 Å². The lowest BCUT2D eigenvalue weighted by Gasteiger charge is -2.10. The zero-order valence-electron chi connectivity index (χ0n) is 14.1. The standard InChI is InChI=1S/C15H16F3N5O3S/c1-2-20-14(27-6-5-19)11(21-25)13-22-26-15(24)23(13)8-3-4-10(16)9(7-8)12(17)18/h3-4,7,12,25H,2,5-6,19H2,1H3/b20-14?,21-11-. The van der Waals surface area contributed by atoms with Crippen LogP contribution in [-0.4, -0.2) is 44.5 Å². The van der Waals surface area contributed by atoms with Crippen molar-refractivity contribution >= 4 is 22.5 Å². The van der Waals surface area contributed by atoms with Gasteiger partial charge in [-0.15, -0.1) is 11.8 Å². The molecule has 0 aliphatic heterocycles. The number of hydrogen-bond donors (Lipinski definition) is 2. The molecule has 0 amide bonds. The monoisotopic (exact) mass is 403 g/mol. The van der Waals surface area contributed by atoms with Gasteiger partial charge in [-0.2, -0.15) is 0 Å². The molecular weight excluding hydrogens is 387 g/mol. The molecule has 3 N–H and O–H groups in total. The van der Waals surface area contributed by atoms with Crippen LogP contribution in [0, 0.1) is 5.82 Å². The molecule has 2 rings (SSSR count). The number of benzene rings is 1. The van der Waals surface area contributed by atoms with E-state index in [1.807, 2.05) is 0 Å². The van der Waals surface area contributed by atoms with Crippen molar-refractivity contribution in [3.05, 3.63) is 46.0 Å². The third-order valence-electron chi connectivity index (χ3n) is 3.25. The summed E-state index contributed by atoms with van der Waals surface area (Å²) in [6, 6.07) is 2.68. The predicted octanol–water partition coefficient (Wildman–Crippen LogP) is 2.19. The van der Waals surface area contributed by atoms with Gasteiger partial charge in [0.25, 0.3) is 6.43 Å². The lowest BCUT2D eigenvalue weighted by Crippen LogP contribution is -2.24. The summed E-state index contributed by atoms with van der Waals surface area (Å²) in [5.74, 6) is -1.99. The number of halogens is 3. The first-order valence-electron chi connectivity index (χ1n) is 7.71. The van der Waals surface area contributed by atoms with Crippen LogP contribution in [0.3, 0.4) is 0 Å². The van der Waals surface area contributed by atoms with E-state index >= 15 is 0 Å². The molecule has 0 saturated carbocycles. The van der Waals surface area contributed by atoms with Gasteiger partial charge in [-0.3, -0.25) is 9.52 Å². The van der Waals surface area contributed by atoms with Gasteiger partial charge < -0.3 is 10.9 Å². The molecule has 0 aliphatic carbocycles. The highest BCUT2D eigenvalue weighted by Gasteiger charge is 2.25. The second-order valence-electron chi connectivity index (χ2n) is 4.98. The maximum Gasteiger partial charge on any atom is 0.446 e. The van der Waals surface area contributed by atoms with Crippen molar-refractivity contribution in [3.8, 4) is 5.69 Å². The van der Waals surface area contributed by atoms with E-state index in [2.05, 4.69) is 19.8 Å². The van der Waals surface area contributed by atoms with Crippen molar-refractivity contribution in [1.29, 1.82) is 0 Å². The highest BCUT2D eigenvalue weighted by molar-refractivity contribution is 8.15. The van der Waals surface area contributed by atoms with Crippen LogP contribution in [-0.2, 0) is 0 Å². The van der Waals surface area contributed by atoms with Crippen LogP contribution in [0.15, 0.2) is 37.7 Å². The van der Waals surface area contributed by atoms with E-state index in [0.29, 0.717) is 18.8 Å². The van der Waals surface area contributed by atoms with Crippen molar-refractivity contribution in [1.82, 2.24) is 9.72 Å². The summed E-state index contributed by atoms with van der Waals surface area (Å²) in [4.78, 5) is 16.2. The fraction of sp³-hybridized carbons (Fsp3) is 0.333. The van der Waals surface area contributed by atoms with E-state index in [9.17, 15) is 23.2 Å². The molecule has 0 fully saturated rings. The molecular formula is C15H16F3N5O3S. The van der Waals surface area contributed by atoms with Crippen LogP contribution in [0.1, 0.15) is 24.7 Å². The Labute approximate surface area is 155 Å². The molecule has 146 valence electrons. The summed E-state index contributed by atoms with van der Waals surface area (Å²) in [5, 5.41) is 16.3. The van der Waals surface area contributed by atoms with Crippen LogP contribution in [0.4, 0.5) is 13.2 Å². The molecule has 0 aliphatic rings. The number of hydrogen-bond acceptors (Lipinski definition) is 8. The van der Waals surface area contributed by atoms with E-state index in [-0.39, 0.29) is 22.3 Å². The minimum absolute atomic E-state index is 0.131. The number of alkyl halides is 2. The van der Waals surface area contributed by atoms with Crippen molar-refractivity contribution in [2.45, 2.75) is 13.3 Å². The second-order valence-corrected chi connectivity index (χ2v) is 6.06. The van der Waals surface area contributed by atoms with Gasteiger partial charge in [0.2, 0.25) is 5.82 Å². The van der Waals surface area contributed by atoms with Crippen LogP contribution in [0.5, 0.6) is 0 Å². The highest BCUT2D eigenvalue weighted by Crippen LogP contribution is 2.25. The molecule has 27 heavy (non-hydrogen) atoms. The lowest BCUT2D eigenvalue weighted by atomic mass is 10.2. The van der Waals surface area contributed by atoms with Crippen molar-refractivity contribution in [2.24, 2.45) is 15.9 Å². The lowest BCUT2D eigenvalue weighted by molar-refractivity contribution is 0.146. The molecule has 1 heterocycles. The summed E-state index contributed by atoms with van der Waals surface area (Å²) in [6.45, 7) is 2.39. The van der Waals surface area contributed by atoms with Gasteiger partial charge in [-0.1, -0.05) is 10.3 Å². The number of rotatable bonds is 7. The number of aromatic nitrogens is 2. The Balaban J connectivity index is 2.60. The second kappa shape index (κ2) is 9.37. The summed E-state index contributed by atoms with van der Waals surface area (Å²) in [5.41, 5.74) is 4.23. The first kappa shape index (κ1) is 20.7. The SMILES string of the molecule is CCN=C(SCCN)/C(=N\O)c1noc(=O)n1-c1ccc(F)c(C(F)F)c1. The van der Waals surface area contributed by atoms with Gasteiger partial charge >= 0.3 is 5.76 Å². The number of nitrogens with zero attached hydrogens (tertiary/aromatic N) is 4. The summed E-state index contributed by atoms with van der Waals surface area (Å²) < 4.78 is 44.9.